The van der Waals surface area contributed by atoms with Crippen LogP contribution in [0.2, 0.25) is 0 Å². The molecule has 0 radical (unpaired) electrons. The number of nitrogens with one attached hydrogen (secondary N) is 1. The molecule has 0 spiro atoms. The van der Waals surface area contributed by atoms with Gasteiger partial charge in [-0.05, 0) is 23.6 Å². The molecule has 1 aliphatic heterocycles. The van der Waals surface area contributed by atoms with Crippen molar-refractivity contribution < 1.29 is 9.47 Å². The summed E-state index contributed by atoms with van der Waals surface area (Å²) in [5.41, 5.74) is 2.67. The zero-order valence-electron chi connectivity index (χ0n) is 11.4. The Labute approximate surface area is 109 Å². The van der Waals surface area contributed by atoms with Crippen LogP contribution in [0.15, 0.2) is 18.2 Å². The molecule has 0 aromatic heterocycles. The van der Waals surface area contributed by atoms with E-state index in [4.69, 9.17) is 9.47 Å². The summed E-state index contributed by atoms with van der Waals surface area (Å²) in [6.07, 6.45) is 3.38. The van der Waals surface area contributed by atoms with Gasteiger partial charge >= 0.3 is 0 Å². The molecule has 0 saturated heterocycles. The Balaban J connectivity index is 1.88. The zero-order chi connectivity index (χ0) is 12.8. The van der Waals surface area contributed by atoms with Gasteiger partial charge < -0.3 is 14.8 Å². The number of methoxy groups -OCH3 is 1. The van der Waals surface area contributed by atoms with E-state index in [1.54, 1.807) is 7.11 Å². The molecule has 1 atom stereocenters. The van der Waals surface area contributed by atoms with Gasteiger partial charge in [0.15, 0.2) is 0 Å². The molecule has 1 N–H and O–H groups in total. The number of hydrogen-bond donors (Lipinski definition) is 1. The van der Waals surface area contributed by atoms with Gasteiger partial charge in [-0.2, -0.15) is 0 Å². The van der Waals surface area contributed by atoms with Crippen LogP contribution in [0, 0.1) is 0 Å². The van der Waals surface area contributed by atoms with Gasteiger partial charge in [0.1, 0.15) is 5.75 Å². The monoisotopic (exact) mass is 249 g/mol. The molecule has 0 amide bonds. The van der Waals surface area contributed by atoms with Gasteiger partial charge in [-0.25, -0.2) is 0 Å². The van der Waals surface area contributed by atoms with E-state index in [1.165, 1.54) is 17.5 Å². The van der Waals surface area contributed by atoms with Crippen LogP contribution in [-0.4, -0.2) is 26.4 Å². The van der Waals surface area contributed by atoms with Crippen molar-refractivity contribution in [2.45, 2.75) is 38.8 Å². The van der Waals surface area contributed by atoms with Crippen molar-refractivity contribution in [2.75, 3.05) is 20.3 Å². The van der Waals surface area contributed by atoms with Crippen molar-refractivity contribution >= 4 is 0 Å². The minimum atomic E-state index is 0.449. The van der Waals surface area contributed by atoms with Crippen LogP contribution in [0.25, 0.3) is 0 Å². The number of hydrogen-bond acceptors (Lipinski definition) is 3. The van der Waals surface area contributed by atoms with Gasteiger partial charge in [0.05, 0.1) is 13.2 Å². The second-order valence-corrected chi connectivity index (χ2v) is 4.86. The number of ether oxygens (including phenoxy) is 2. The highest BCUT2D eigenvalue weighted by molar-refractivity contribution is 5.39. The molecule has 100 valence electrons. The minimum absolute atomic E-state index is 0.449. The maximum atomic E-state index is 5.52. The Morgan fingerprint density at radius 2 is 2.33 bits per heavy atom. The molecule has 0 saturated carbocycles. The van der Waals surface area contributed by atoms with E-state index in [9.17, 15) is 0 Å². The van der Waals surface area contributed by atoms with Crippen molar-refractivity contribution in [3.8, 4) is 5.75 Å². The first kappa shape index (κ1) is 13.4. The molecule has 1 unspecified atom stereocenters. The Morgan fingerprint density at radius 3 is 3.11 bits per heavy atom. The molecule has 1 aromatic rings. The maximum Gasteiger partial charge on any atom is 0.122 e. The standard InChI is InChI=1S/C15H23NO2/c1-3-4-14(11-17-2)16-10-12-5-6-15-13(9-12)7-8-18-15/h5-6,9,14,16H,3-4,7-8,10-11H2,1-2H3. The van der Waals surface area contributed by atoms with Crippen molar-refractivity contribution in [1.82, 2.24) is 5.32 Å². The normalized spacial score (nSPS) is 15.2. The van der Waals surface area contributed by atoms with E-state index >= 15 is 0 Å². The van der Waals surface area contributed by atoms with Gasteiger partial charge in [0.2, 0.25) is 0 Å². The molecule has 3 heteroatoms. The highest BCUT2D eigenvalue weighted by Crippen LogP contribution is 2.25. The largest absolute Gasteiger partial charge is 0.493 e. The van der Waals surface area contributed by atoms with E-state index in [0.29, 0.717) is 6.04 Å². The molecule has 1 aromatic carbocycles. The van der Waals surface area contributed by atoms with Crippen LogP contribution >= 0.6 is 0 Å². The van der Waals surface area contributed by atoms with Gasteiger partial charge in [-0.3, -0.25) is 0 Å². The van der Waals surface area contributed by atoms with E-state index in [2.05, 4.69) is 30.4 Å². The smallest absolute Gasteiger partial charge is 0.122 e. The second kappa shape index (κ2) is 6.76. The lowest BCUT2D eigenvalue weighted by molar-refractivity contribution is 0.161. The molecule has 3 nitrogen and oxygen atoms in total. The third kappa shape index (κ3) is 3.47. The summed E-state index contributed by atoms with van der Waals surface area (Å²) in [7, 11) is 1.76. The molecule has 2 rings (SSSR count). The Hall–Kier alpha value is -1.06. The average Bonchev–Trinajstić information content (AvgIpc) is 2.84. The van der Waals surface area contributed by atoms with Gasteiger partial charge in [0, 0.05) is 26.1 Å². The summed E-state index contributed by atoms with van der Waals surface area (Å²) < 4.78 is 10.8. The first-order valence-corrected chi connectivity index (χ1v) is 6.80. The van der Waals surface area contributed by atoms with E-state index in [1.807, 2.05) is 0 Å². The average molecular weight is 249 g/mol. The van der Waals surface area contributed by atoms with Crippen LogP contribution in [0.1, 0.15) is 30.9 Å². The lowest BCUT2D eigenvalue weighted by atomic mass is 10.1. The lowest BCUT2D eigenvalue weighted by Gasteiger charge is -2.17. The summed E-state index contributed by atoms with van der Waals surface area (Å²) in [4.78, 5) is 0. The second-order valence-electron chi connectivity index (χ2n) is 4.86. The lowest BCUT2D eigenvalue weighted by Crippen LogP contribution is -2.32. The highest BCUT2D eigenvalue weighted by atomic mass is 16.5. The van der Waals surface area contributed by atoms with Crippen molar-refractivity contribution in [3.05, 3.63) is 29.3 Å². The van der Waals surface area contributed by atoms with Crippen LogP contribution < -0.4 is 10.1 Å². The van der Waals surface area contributed by atoms with Crippen molar-refractivity contribution in [2.24, 2.45) is 0 Å². The summed E-state index contributed by atoms with van der Waals surface area (Å²) >= 11 is 0. The molecule has 0 fully saturated rings. The zero-order valence-corrected chi connectivity index (χ0v) is 11.4. The van der Waals surface area contributed by atoms with E-state index in [0.717, 1.165) is 38.3 Å². The Morgan fingerprint density at radius 1 is 1.44 bits per heavy atom. The summed E-state index contributed by atoms with van der Waals surface area (Å²) in [5.74, 6) is 1.06. The van der Waals surface area contributed by atoms with Crippen LogP contribution in [0.3, 0.4) is 0 Å². The number of rotatable bonds is 7. The first-order chi connectivity index (χ1) is 8.83. The number of fused-ring (bicyclic) bond motifs is 1. The topological polar surface area (TPSA) is 30.5 Å². The third-order valence-corrected chi connectivity index (χ3v) is 3.35. The van der Waals surface area contributed by atoms with E-state index in [-0.39, 0.29) is 0 Å². The van der Waals surface area contributed by atoms with E-state index < -0.39 is 0 Å². The molecular formula is C15H23NO2. The van der Waals surface area contributed by atoms with Gasteiger partial charge in [-0.1, -0.05) is 25.5 Å². The molecule has 0 aliphatic carbocycles. The maximum absolute atomic E-state index is 5.52. The SMILES string of the molecule is CCCC(COC)NCc1ccc2c(c1)CCO2. The van der Waals surface area contributed by atoms with Gasteiger partial charge in [0.25, 0.3) is 0 Å². The summed E-state index contributed by atoms with van der Waals surface area (Å²) in [5, 5.41) is 3.56. The van der Waals surface area contributed by atoms with Crippen molar-refractivity contribution in [3.63, 3.8) is 0 Å². The Kier molecular flexibility index (Phi) is 5.02. The fraction of sp³-hybridized carbons (Fsp3) is 0.600. The molecular weight excluding hydrogens is 226 g/mol. The van der Waals surface area contributed by atoms with Crippen LogP contribution in [0.5, 0.6) is 5.75 Å². The minimum Gasteiger partial charge on any atom is -0.493 e. The molecule has 18 heavy (non-hydrogen) atoms. The fourth-order valence-electron chi connectivity index (χ4n) is 2.41. The van der Waals surface area contributed by atoms with Crippen LogP contribution in [0.4, 0.5) is 0 Å². The highest BCUT2D eigenvalue weighted by Gasteiger charge is 2.12. The van der Waals surface area contributed by atoms with Gasteiger partial charge in [-0.15, -0.1) is 0 Å². The summed E-state index contributed by atoms with van der Waals surface area (Å²) in [6, 6.07) is 6.94. The Bertz CT molecular complexity index is 373. The molecule has 1 aliphatic rings. The quantitative estimate of drug-likeness (QED) is 0.805. The van der Waals surface area contributed by atoms with Crippen LogP contribution in [-0.2, 0) is 17.7 Å². The predicted octanol–water partition coefficient (Wildman–Crippen LogP) is 2.53. The van der Waals surface area contributed by atoms with Crippen molar-refractivity contribution in [1.29, 1.82) is 0 Å². The summed E-state index contributed by atoms with van der Waals surface area (Å²) in [6.45, 7) is 4.72. The molecule has 0 bridgehead atoms. The number of benzene rings is 1. The third-order valence-electron chi connectivity index (χ3n) is 3.35. The first-order valence-electron chi connectivity index (χ1n) is 6.80. The molecule has 1 heterocycles. The fourth-order valence-corrected chi connectivity index (χ4v) is 2.41. The predicted molar refractivity (Wildman–Crippen MR) is 73.1 cm³/mol.